The van der Waals surface area contributed by atoms with E-state index in [1.54, 1.807) is 6.20 Å². The lowest BCUT2D eigenvalue weighted by molar-refractivity contribution is -0.162. The van der Waals surface area contributed by atoms with E-state index in [-0.39, 0.29) is 5.92 Å². The molecule has 2 rings (SSSR count). The Bertz CT molecular complexity index is 505. The van der Waals surface area contributed by atoms with Crippen LogP contribution in [0.15, 0.2) is 6.20 Å². The van der Waals surface area contributed by atoms with E-state index >= 15 is 0 Å². The molecule has 0 unspecified atom stereocenters. The Hall–Kier alpha value is -1.92. The SMILES string of the molecule is CCCCc1cn(C2(C(=O)OC)CC(C(N)=O)C2)nn1. The molecule has 110 valence electrons. The summed E-state index contributed by atoms with van der Waals surface area (Å²) >= 11 is 0. The molecule has 1 heterocycles. The number of nitrogens with two attached hydrogens (primary N) is 1. The van der Waals surface area contributed by atoms with E-state index in [2.05, 4.69) is 17.2 Å². The van der Waals surface area contributed by atoms with Gasteiger partial charge in [-0.2, -0.15) is 0 Å². The maximum absolute atomic E-state index is 12.0. The number of amides is 1. The van der Waals surface area contributed by atoms with E-state index < -0.39 is 17.4 Å². The molecule has 0 radical (unpaired) electrons. The third-order valence-electron chi connectivity index (χ3n) is 3.90. The fourth-order valence-electron chi connectivity index (χ4n) is 2.57. The summed E-state index contributed by atoms with van der Waals surface area (Å²) in [6.45, 7) is 2.10. The molecule has 0 spiro atoms. The Morgan fingerprint density at radius 3 is 2.80 bits per heavy atom. The number of methoxy groups -OCH3 is 1. The molecule has 0 aliphatic heterocycles. The van der Waals surface area contributed by atoms with Crippen LogP contribution in [0, 0.1) is 5.92 Å². The van der Waals surface area contributed by atoms with Crippen molar-refractivity contribution in [3.8, 4) is 0 Å². The lowest BCUT2D eigenvalue weighted by Crippen LogP contribution is -2.56. The van der Waals surface area contributed by atoms with Crippen LogP contribution in [0.4, 0.5) is 0 Å². The highest BCUT2D eigenvalue weighted by atomic mass is 16.5. The fraction of sp³-hybridized carbons (Fsp3) is 0.692. The number of carbonyl (C=O) groups is 2. The fourth-order valence-corrected chi connectivity index (χ4v) is 2.57. The average molecular weight is 280 g/mol. The molecule has 7 nitrogen and oxygen atoms in total. The molecule has 0 saturated heterocycles. The van der Waals surface area contributed by atoms with Crippen molar-refractivity contribution in [2.75, 3.05) is 7.11 Å². The standard InChI is InChI=1S/C13H20N4O3/c1-3-4-5-10-8-17(16-15-10)13(12(19)20-2)6-9(7-13)11(14)18/h8-9H,3-7H2,1-2H3,(H2,14,18). The van der Waals surface area contributed by atoms with Crippen LogP contribution in [0.3, 0.4) is 0 Å². The number of nitrogens with zero attached hydrogens (tertiary/aromatic N) is 3. The van der Waals surface area contributed by atoms with Gasteiger partial charge >= 0.3 is 5.97 Å². The number of aryl methyl sites for hydroxylation is 1. The first-order valence-corrected chi connectivity index (χ1v) is 6.83. The molecule has 0 aromatic carbocycles. The van der Waals surface area contributed by atoms with Crippen LogP contribution < -0.4 is 5.73 Å². The van der Waals surface area contributed by atoms with Gasteiger partial charge in [-0.3, -0.25) is 4.79 Å². The first-order chi connectivity index (χ1) is 9.53. The van der Waals surface area contributed by atoms with E-state index in [9.17, 15) is 9.59 Å². The summed E-state index contributed by atoms with van der Waals surface area (Å²) in [5.74, 6) is -1.10. The number of rotatable bonds is 6. The van der Waals surface area contributed by atoms with Crippen molar-refractivity contribution in [3.05, 3.63) is 11.9 Å². The van der Waals surface area contributed by atoms with Gasteiger partial charge in [0.05, 0.1) is 12.8 Å². The smallest absolute Gasteiger partial charge is 0.333 e. The van der Waals surface area contributed by atoms with Crippen molar-refractivity contribution in [3.63, 3.8) is 0 Å². The minimum absolute atomic E-state index is 0.308. The first kappa shape index (κ1) is 14.5. The number of primary amides is 1. The number of aromatic nitrogens is 3. The summed E-state index contributed by atoms with van der Waals surface area (Å²) in [6.07, 6.45) is 5.33. The zero-order valence-corrected chi connectivity index (χ0v) is 11.8. The Morgan fingerprint density at radius 2 is 2.25 bits per heavy atom. The van der Waals surface area contributed by atoms with Crippen LogP contribution in [0.1, 0.15) is 38.3 Å². The van der Waals surface area contributed by atoms with Crippen molar-refractivity contribution in [1.29, 1.82) is 0 Å². The van der Waals surface area contributed by atoms with Gasteiger partial charge in [-0.15, -0.1) is 5.10 Å². The minimum atomic E-state index is -0.925. The van der Waals surface area contributed by atoms with Gasteiger partial charge in [0, 0.05) is 12.1 Å². The predicted molar refractivity (Wildman–Crippen MR) is 70.5 cm³/mol. The van der Waals surface area contributed by atoms with E-state index in [4.69, 9.17) is 10.5 Å². The maximum Gasteiger partial charge on any atom is 0.333 e. The molecule has 1 amide bonds. The highest BCUT2D eigenvalue weighted by molar-refractivity contribution is 5.86. The summed E-state index contributed by atoms with van der Waals surface area (Å²) in [5, 5.41) is 8.12. The van der Waals surface area contributed by atoms with E-state index in [1.807, 2.05) is 0 Å². The van der Waals surface area contributed by atoms with Crippen LogP contribution in [-0.4, -0.2) is 34.0 Å². The second kappa shape index (κ2) is 5.60. The predicted octanol–water partition coefficient (Wildman–Crippen LogP) is 0.384. The summed E-state index contributed by atoms with van der Waals surface area (Å²) in [6, 6.07) is 0. The average Bonchev–Trinajstić information content (AvgIpc) is 2.83. The summed E-state index contributed by atoms with van der Waals surface area (Å²) < 4.78 is 6.38. The van der Waals surface area contributed by atoms with Crippen LogP contribution >= 0.6 is 0 Å². The minimum Gasteiger partial charge on any atom is -0.467 e. The van der Waals surface area contributed by atoms with Gasteiger partial charge in [-0.05, 0) is 25.7 Å². The highest BCUT2D eigenvalue weighted by Crippen LogP contribution is 2.44. The molecule has 0 bridgehead atoms. The first-order valence-electron chi connectivity index (χ1n) is 6.83. The molecule has 1 aliphatic rings. The molecule has 0 atom stereocenters. The Morgan fingerprint density at radius 1 is 1.55 bits per heavy atom. The van der Waals surface area contributed by atoms with Crippen LogP contribution in [0.2, 0.25) is 0 Å². The molecular formula is C13H20N4O3. The third kappa shape index (κ3) is 2.39. The van der Waals surface area contributed by atoms with Gasteiger partial charge < -0.3 is 10.5 Å². The second-order valence-corrected chi connectivity index (χ2v) is 5.29. The quantitative estimate of drug-likeness (QED) is 0.759. The van der Waals surface area contributed by atoms with E-state index in [0.717, 1.165) is 25.0 Å². The lowest BCUT2D eigenvalue weighted by atomic mass is 9.68. The van der Waals surface area contributed by atoms with Crippen molar-refractivity contribution in [2.24, 2.45) is 11.7 Å². The van der Waals surface area contributed by atoms with Crippen molar-refractivity contribution >= 4 is 11.9 Å². The molecule has 2 N–H and O–H groups in total. The number of hydrogen-bond donors (Lipinski definition) is 1. The largest absolute Gasteiger partial charge is 0.467 e. The summed E-state index contributed by atoms with van der Waals surface area (Å²) in [5.41, 5.74) is 5.19. The van der Waals surface area contributed by atoms with Crippen LogP contribution in [0.25, 0.3) is 0 Å². The monoisotopic (exact) mass is 280 g/mol. The van der Waals surface area contributed by atoms with Crippen LogP contribution in [0.5, 0.6) is 0 Å². The molecule has 20 heavy (non-hydrogen) atoms. The molecule has 1 saturated carbocycles. The van der Waals surface area contributed by atoms with E-state index in [1.165, 1.54) is 11.8 Å². The van der Waals surface area contributed by atoms with Gasteiger partial charge in [-0.1, -0.05) is 18.6 Å². The zero-order chi connectivity index (χ0) is 14.8. The molecule has 7 heteroatoms. The molecule has 1 aromatic heterocycles. The number of hydrogen-bond acceptors (Lipinski definition) is 5. The second-order valence-electron chi connectivity index (χ2n) is 5.29. The Balaban J connectivity index is 2.18. The van der Waals surface area contributed by atoms with Gasteiger partial charge in [0.1, 0.15) is 0 Å². The topological polar surface area (TPSA) is 100 Å². The van der Waals surface area contributed by atoms with Crippen molar-refractivity contribution in [2.45, 2.75) is 44.6 Å². The van der Waals surface area contributed by atoms with Gasteiger partial charge in [0.15, 0.2) is 5.54 Å². The van der Waals surface area contributed by atoms with Gasteiger partial charge in [-0.25, -0.2) is 9.48 Å². The number of esters is 1. The summed E-state index contributed by atoms with van der Waals surface area (Å²) in [4.78, 5) is 23.2. The number of ether oxygens (including phenoxy) is 1. The third-order valence-corrected chi connectivity index (χ3v) is 3.90. The number of unbranched alkanes of at least 4 members (excludes halogenated alkanes) is 1. The van der Waals surface area contributed by atoms with E-state index in [0.29, 0.717) is 12.8 Å². The molecular weight excluding hydrogens is 260 g/mol. The van der Waals surface area contributed by atoms with Crippen molar-refractivity contribution < 1.29 is 14.3 Å². The van der Waals surface area contributed by atoms with Gasteiger partial charge in [0.25, 0.3) is 0 Å². The van der Waals surface area contributed by atoms with Crippen molar-refractivity contribution in [1.82, 2.24) is 15.0 Å². The number of carbonyl (C=O) groups excluding carboxylic acids is 2. The molecule has 1 aromatic rings. The lowest BCUT2D eigenvalue weighted by Gasteiger charge is -2.43. The zero-order valence-electron chi connectivity index (χ0n) is 11.8. The molecule has 1 aliphatic carbocycles. The molecule has 1 fully saturated rings. The van der Waals surface area contributed by atoms with Crippen LogP contribution in [-0.2, 0) is 26.3 Å². The summed E-state index contributed by atoms with van der Waals surface area (Å²) in [7, 11) is 1.33. The Kier molecular flexibility index (Phi) is 4.06. The normalized spacial score (nSPS) is 25.0. The maximum atomic E-state index is 12.0. The Labute approximate surface area is 117 Å². The highest BCUT2D eigenvalue weighted by Gasteiger charge is 2.55. The van der Waals surface area contributed by atoms with Gasteiger partial charge in [0.2, 0.25) is 5.91 Å².